The second kappa shape index (κ2) is 5.42. The normalized spacial score (nSPS) is 11.7. The van der Waals surface area contributed by atoms with Crippen LogP contribution < -0.4 is 9.60 Å². The molecular formula is C14H11ClN2O3S2. The first-order valence-electron chi connectivity index (χ1n) is 6.25. The van der Waals surface area contributed by atoms with Crippen molar-refractivity contribution in [3.8, 4) is 0 Å². The molecule has 1 aromatic heterocycles. The van der Waals surface area contributed by atoms with Crippen molar-refractivity contribution in [1.82, 2.24) is 4.57 Å². The molecule has 0 atom stereocenters. The molecule has 3 rings (SSSR count). The van der Waals surface area contributed by atoms with E-state index in [4.69, 9.17) is 11.6 Å². The van der Waals surface area contributed by atoms with Crippen LogP contribution in [-0.4, -0.2) is 13.0 Å². The van der Waals surface area contributed by atoms with Crippen LogP contribution in [0.15, 0.2) is 52.2 Å². The molecule has 8 heteroatoms. The highest BCUT2D eigenvalue weighted by Crippen LogP contribution is 2.23. The molecule has 0 aliphatic heterocycles. The zero-order valence-electron chi connectivity index (χ0n) is 11.4. The van der Waals surface area contributed by atoms with E-state index in [0.29, 0.717) is 10.7 Å². The van der Waals surface area contributed by atoms with Crippen LogP contribution in [0.5, 0.6) is 0 Å². The second-order valence-corrected chi connectivity index (χ2v) is 7.78. The van der Waals surface area contributed by atoms with Gasteiger partial charge in [-0.25, -0.2) is 8.42 Å². The third kappa shape index (κ3) is 2.75. The van der Waals surface area contributed by atoms with Crippen molar-refractivity contribution in [3.05, 3.63) is 57.2 Å². The molecule has 3 aromatic rings. The molecule has 0 radical (unpaired) electrons. The van der Waals surface area contributed by atoms with Crippen molar-refractivity contribution in [1.29, 1.82) is 0 Å². The second-order valence-electron chi connectivity index (χ2n) is 4.67. The summed E-state index contributed by atoms with van der Waals surface area (Å²) in [6.45, 7) is 0. The number of hydrogen-bond acceptors (Lipinski definition) is 4. The number of nitrogens with one attached hydrogen (secondary N) is 1. The van der Waals surface area contributed by atoms with Crippen LogP contribution in [0.4, 0.5) is 5.69 Å². The van der Waals surface area contributed by atoms with E-state index in [-0.39, 0.29) is 9.77 Å². The number of thiazole rings is 1. The van der Waals surface area contributed by atoms with Crippen LogP contribution in [0, 0.1) is 0 Å². The number of aryl methyl sites for hydroxylation is 1. The van der Waals surface area contributed by atoms with E-state index >= 15 is 0 Å². The molecule has 0 saturated heterocycles. The Balaban J connectivity index is 1.98. The Morgan fingerprint density at radius 3 is 2.50 bits per heavy atom. The van der Waals surface area contributed by atoms with Crippen LogP contribution in [0.25, 0.3) is 10.2 Å². The standard InChI is InChI=1S/C14H11ClN2O3S2/c1-17-12-7-4-10(8-13(12)21-14(17)18)16-22(19,20)11-5-2-9(15)3-6-11/h2-8,16H,1H3. The van der Waals surface area contributed by atoms with Gasteiger partial charge in [-0.2, -0.15) is 0 Å². The predicted octanol–water partition coefficient (Wildman–Crippen LogP) is 3.05. The Morgan fingerprint density at radius 2 is 1.82 bits per heavy atom. The zero-order chi connectivity index (χ0) is 15.9. The Kier molecular flexibility index (Phi) is 3.72. The summed E-state index contributed by atoms with van der Waals surface area (Å²) in [6.07, 6.45) is 0. The Hall–Kier alpha value is -1.83. The van der Waals surface area contributed by atoms with Crippen LogP contribution >= 0.6 is 22.9 Å². The van der Waals surface area contributed by atoms with Gasteiger partial charge in [0.15, 0.2) is 0 Å². The number of fused-ring (bicyclic) bond motifs is 1. The third-order valence-corrected chi connectivity index (χ3v) is 5.81. The molecule has 1 heterocycles. The van der Waals surface area contributed by atoms with E-state index < -0.39 is 10.0 Å². The summed E-state index contributed by atoms with van der Waals surface area (Å²) in [4.78, 5) is 11.7. The number of aromatic nitrogens is 1. The van der Waals surface area contributed by atoms with Gasteiger partial charge >= 0.3 is 4.87 Å². The summed E-state index contributed by atoms with van der Waals surface area (Å²) in [5.74, 6) is 0. The van der Waals surface area contributed by atoms with E-state index in [0.717, 1.165) is 21.6 Å². The largest absolute Gasteiger partial charge is 0.307 e. The van der Waals surface area contributed by atoms with Gasteiger partial charge in [0.05, 0.1) is 20.8 Å². The predicted molar refractivity (Wildman–Crippen MR) is 89.3 cm³/mol. The van der Waals surface area contributed by atoms with Gasteiger partial charge in [0.1, 0.15) is 0 Å². The number of halogens is 1. The first kappa shape index (κ1) is 15.1. The molecule has 0 bridgehead atoms. The van der Waals surface area contributed by atoms with Gasteiger partial charge in [-0.05, 0) is 42.5 Å². The summed E-state index contributed by atoms with van der Waals surface area (Å²) in [5.41, 5.74) is 1.17. The molecule has 0 unspecified atom stereocenters. The van der Waals surface area contributed by atoms with E-state index in [1.807, 2.05) is 0 Å². The molecule has 0 saturated carbocycles. The maximum atomic E-state index is 12.3. The van der Waals surface area contributed by atoms with E-state index in [2.05, 4.69) is 4.72 Å². The van der Waals surface area contributed by atoms with Crippen LogP contribution in [0.3, 0.4) is 0 Å². The maximum Gasteiger partial charge on any atom is 0.307 e. The van der Waals surface area contributed by atoms with Gasteiger partial charge in [-0.1, -0.05) is 22.9 Å². The Bertz CT molecular complexity index is 1000. The third-order valence-electron chi connectivity index (χ3n) is 3.17. The lowest BCUT2D eigenvalue weighted by atomic mass is 10.3. The number of nitrogens with zero attached hydrogens (tertiary/aromatic N) is 1. The molecule has 0 fully saturated rings. The van der Waals surface area contributed by atoms with Gasteiger partial charge < -0.3 is 4.57 Å². The number of sulfonamides is 1. The van der Waals surface area contributed by atoms with Crippen molar-refractivity contribution in [3.63, 3.8) is 0 Å². The fraction of sp³-hybridized carbons (Fsp3) is 0.0714. The fourth-order valence-corrected chi connectivity index (χ4v) is 4.12. The molecule has 0 aliphatic rings. The topological polar surface area (TPSA) is 68.2 Å². The van der Waals surface area contributed by atoms with Crippen molar-refractivity contribution in [2.24, 2.45) is 7.05 Å². The van der Waals surface area contributed by atoms with Gasteiger partial charge in [0, 0.05) is 12.1 Å². The number of hydrogen-bond donors (Lipinski definition) is 1. The lowest BCUT2D eigenvalue weighted by Gasteiger charge is -2.08. The van der Waals surface area contributed by atoms with Crippen molar-refractivity contribution in [2.45, 2.75) is 4.90 Å². The molecule has 2 aromatic carbocycles. The average Bonchev–Trinajstić information content (AvgIpc) is 2.73. The molecule has 0 amide bonds. The molecule has 5 nitrogen and oxygen atoms in total. The lowest BCUT2D eigenvalue weighted by Crippen LogP contribution is -2.12. The number of rotatable bonds is 3. The van der Waals surface area contributed by atoms with E-state index in [1.165, 1.54) is 28.8 Å². The Morgan fingerprint density at radius 1 is 1.14 bits per heavy atom. The first-order valence-corrected chi connectivity index (χ1v) is 8.92. The summed E-state index contributed by atoms with van der Waals surface area (Å²) < 4.78 is 29.4. The minimum atomic E-state index is -3.69. The monoisotopic (exact) mass is 354 g/mol. The highest BCUT2D eigenvalue weighted by molar-refractivity contribution is 7.92. The summed E-state index contributed by atoms with van der Waals surface area (Å²) in [7, 11) is -2.01. The number of benzene rings is 2. The molecule has 0 aliphatic carbocycles. The zero-order valence-corrected chi connectivity index (χ0v) is 13.8. The van der Waals surface area contributed by atoms with Crippen LogP contribution in [0.1, 0.15) is 0 Å². The molecule has 114 valence electrons. The van der Waals surface area contributed by atoms with Crippen molar-refractivity contribution >= 4 is 48.9 Å². The minimum Gasteiger partial charge on any atom is -0.302 e. The summed E-state index contributed by atoms with van der Waals surface area (Å²) in [5, 5.41) is 0.467. The van der Waals surface area contributed by atoms with Crippen LogP contribution in [0.2, 0.25) is 5.02 Å². The highest BCUT2D eigenvalue weighted by atomic mass is 35.5. The van der Waals surface area contributed by atoms with Crippen LogP contribution in [-0.2, 0) is 17.1 Å². The van der Waals surface area contributed by atoms with E-state index in [1.54, 1.807) is 25.2 Å². The van der Waals surface area contributed by atoms with E-state index in [9.17, 15) is 13.2 Å². The highest BCUT2D eigenvalue weighted by Gasteiger charge is 2.15. The molecule has 1 N–H and O–H groups in total. The lowest BCUT2D eigenvalue weighted by molar-refractivity contribution is 0.601. The first-order chi connectivity index (χ1) is 10.4. The SMILES string of the molecule is Cn1c(=O)sc2cc(NS(=O)(=O)c3ccc(Cl)cc3)ccc21. The minimum absolute atomic E-state index is 0.0901. The van der Waals surface area contributed by atoms with Gasteiger partial charge in [-0.15, -0.1) is 0 Å². The average molecular weight is 355 g/mol. The fourth-order valence-electron chi connectivity index (χ4n) is 2.03. The Labute approximate surface area is 135 Å². The van der Waals surface area contributed by atoms with Gasteiger partial charge in [0.2, 0.25) is 0 Å². The van der Waals surface area contributed by atoms with Crippen molar-refractivity contribution in [2.75, 3.05) is 4.72 Å². The van der Waals surface area contributed by atoms with Gasteiger partial charge in [0.25, 0.3) is 10.0 Å². The maximum absolute atomic E-state index is 12.3. The van der Waals surface area contributed by atoms with Gasteiger partial charge in [-0.3, -0.25) is 9.52 Å². The van der Waals surface area contributed by atoms with Crippen molar-refractivity contribution < 1.29 is 8.42 Å². The summed E-state index contributed by atoms with van der Waals surface area (Å²) >= 11 is 6.83. The number of anilines is 1. The molecule has 22 heavy (non-hydrogen) atoms. The molecule has 0 spiro atoms. The summed E-state index contributed by atoms with van der Waals surface area (Å²) in [6, 6.07) is 10.9. The quantitative estimate of drug-likeness (QED) is 0.786. The molecular weight excluding hydrogens is 344 g/mol. The smallest absolute Gasteiger partial charge is 0.302 e.